The number of nitrogens with zero attached hydrogens (tertiary/aromatic N) is 3. The van der Waals surface area contributed by atoms with Gasteiger partial charge in [-0.25, -0.2) is 13.8 Å². The Morgan fingerprint density at radius 1 is 1.47 bits per heavy atom. The van der Waals surface area contributed by atoms with Crippen LogP contribution in [0.15, 0.2) is 6.33 Å². The molecule has 0 aliphatic rings. The molecule has 0 saturated heterocycles. The van der Waals surface area contributed by atoms with Gasteiger partial charge in [0.1, 0.15) is 11.6 Å². The number of fused-ring (bicyclic) bond motifs is 1. The minimum Gasteiger partial charge on any atom is -0.385 e. The molecule has 0 bridgehead atoms. The number of anilines is 1. The molecule has 0 radical (unpaired) electrons. The summed E-state index contributed by atoms with van der Waals surface area (Å²) < 4.78 is 24.2. The average molecular weight is 264 g/mol. The molecule has 2 rings (SSSR count). The van der Waals surface area contributed by atoms with Gasteiger partial charge < -0.3 is 15.4 Å². The Morgan fingerprint density at radius 3 is 2.94 bits per heavy atom. The summed E-state index contributed by atoms with van der Waals surface area (Å²) in [6.45, 7) is -0.348. The van der Waals surface area contributed by atoms with Crippen LogP contribution in [0, 0.1) is 0 Å². The van der Waals surface area contributed by atoms with Crippen LogP contribution < -0.4 is 5.32 Å². The van der Waals surface area contributed by atoms with E-state index in [2.05, 4.69) is 25.3 Å². The van der Waals surface area contributed by atoms with Gasteiger partial charge in [-0.1, -0.05) is 0 Å². The lowest BCUT2D eigenvalue weighted by Gasteiger charge is -2.11. The fourth-order valence-electron chi connectivity index (χ4n) is 1.22. The monoisotopic (exact) mass is 263 g/mol. The Hall–Kier alpha value is -1.54. The number of aliphatic hydroxyl groups excluding tert-OH is 1. The second-order valence-electron chi connectivity index (χ2n) is 3.23. The van der Waals surface area contributed by atoms with Crippen molar-refractivity contribution in [2.24, 2.45) is 0 Å². The van der Waals surface area contributed by atoms with Gasteiger partial charge in [-0.2, -0.15) is 9.97 Å². The quantitative estimate of drug-likeness (QED) is 0.718. The van der Waals surface area contributed by atoms with E-state index in [1.165, 1.54) is 6.33 Å². The molecule has 0 fully saturated rings. The van der Waals surface area contributed by atoms with E-state index in [4.69, 9.17) is 16.7 Å². The van der Waals surface area contributed by atoms with Gasteiger partial charge >= 0.3 is 0 Å². The van der Waals surface area contributed by atoms with Crippen molar-refractivity contribution in [2.75, 3.05) is 11.9 Å². The van der Waals surface area contributed by atoms with Crippen LogP contribution >= 0.6 is 11.6 Å². The Bertz CT molecular complexity index is 520. The van der Waals surface area contributed by atoms with Gasteiger partial charge in [-0.3, -0.25) is 0 Å². The first-order valence-corrected chi connectivity index (χ1v) is 5.02. The summed E-state index contributed by atoms with van der Waals surface area (Å²) in [5.41, 5.74) is 0.759. The fraction of sp³-hybridized carbons (Fsp3) is 0.375. The first-order chi connectivity index (χ1) is 8.08. The number of nitrogens with one attached hydrogen (secondary N) is 2. The molecule has 0 amide bonds. The van der Waals surface area contributed by atoms with Crippen LogP contribution in [0.25, 0.3) is 11.2 Å². The van der Waals surface area contributed by atoms with Crippen LogP contribution in [0.4, 0.5) is 14.6 Å². The molecule has 1 unspecified atom stereocenters. The number of imidazole rings is 1. The molecule has 9 heteroatoms. The zero-order chi connectivity index (χ0) is 12.4. The second-order valence-corrected chi connectivity index (χ2v) is 3.56. The number of aromatic nitrogens is 4. The van der Waals surface area contributed by atoms with Crippen LogP contribution in [-0.2, 0) is 0 Å². The van der Waals surface area contributed by atoms with Gasteiger partial charge in [0.15, 0.2) is 11.5 Å². The third kappa shape index (κ3) is 2.59. The van der Waals surface area contributed by atoms with Crippen molar-refractivity contribution in [1.29, 1.82) is 0 Å². The molecule has 3 N–H and O–H groups in total. The maximum Gasteiger partial charge on any atom is 0.265 e. The summed E-state index contributed by atoms with van der Waals surface area (Å²) in [4.78, 5) is 14.2. The summed E-state index contributed by atoms with van der Waals surface area (Å²) in [6.07, 6.45) is -3.22. The van der Waals surface area contributed by atoms with Crippen molar-refractivity contribution in [1.82, 2.24) is 19.9 Å². The highest BCUT2D eigenvalue weighted by molar-refractivity contribution is 6.28. The lowest BCUT2D eigenvalue weighted by molar-refractivity contribution is 0.00382. The van der Waals surface area contributed by atoms with Crippen molar-refractivity contribution in [3.8, 4) is 0 Å². The Balaban J connectivity index is 2.20. The predicted molar refractivity (Wildman–Crippen MR) is 57.2 cm³/mol. The van der Waals surface area contributed by atoms with Crippen LogP contribution in [0.3, 0.4) is 0 Å². The van der Waals surface area contributed by atoms with E-state index >= 15 is 0 Å². The largest absolute Gasteiger partial charge is 0.385 e. The summed E-state index contributed by atoms with van der Waals surface area (Å²) in [6, 6.07) is 0. The van der Waals surface area contributed by atoms with E-state index in [1.807, 2.05) is 0 Å². The minimum absolute atomic E-state index is 0.0568. The van der Waals surface area contributed by atoms with Crippen molar-refractivity contribution in [3.63, 3.8) is 0 Å². The molecule has 0 aliphatic heterocycles. The maximum atomic E-state index is 12.1. The molecule has 2 aromatic rings. The number of hydrogen-bond acceptors (Lipinski definition) is 5. The standard InChI is InChI=1S/C8H8ClF2N5O/c9-8-15-6(12-1-3(17)5(10)11)4-7(16-8)14-2-13-4/h2-3,5,17H,1H2,(H2,12,13,14,15,16). The highest BCUT2D eigenvalue weighted by atomic mass is 35.5. The van der Waals surface area contributed by atoms with Crippen LogP contribution in [0.5, 0.6) is 0 Å². The third-order valence-corrected chi connectivity index (χ3v) is 2.20. The minimum atomic E-state index is -2.82. The Kier molecular flexibility index (Phi) is 3.34. The van der Waals surface area contributed by atoms with Crippen molar-refractivity contribution >= 4 is 28.6 Å². The molecule has 2 heterocycles. The van der Waals surface area contributed by atoms with Gasteiger partial charge in [-0.15, -0.1) is 0 Å². The summed E-state index contributed by atoms with van der Waals surface area (Å²) in [7, 11) is 0. The van der Waals surface area contributed by atoms with Crippen LogP contribution in [0.2, 0.25) is 5.28 Å². The number of H-pyrrole nitrogens is 1. The molecule has 17 heavy (non-hydrogen) atoms. The molecular weight excluding hydrogens is 256 g/mol. The van der Waals surface area contributed by atoms with Gasteiger partial charge in [0.05, 0.1) is 6.33 Å². The van der Waals surface area contributed by atoms with Gasteiger partial charge in [-0.05, 0) is 11.6 Å². The average Bonchev–Trinajstić information content (AvgIpc) is 2.72. The second kappa shape index (κ2) is 4.76. The fourth-order valence-corrected chi connectivity index (χ4v) is 1.39. The number of hydrogen-bond donors (Lipinski definition) is 3. The third-order valence-electron chi connectivity index (χ3n) is 2.03. The summed E-state index contributed by atoms with van der Waals surface area (Å²) >= 11 is 5.63. The van der Waals surface area contributed by atoms with E-state index < -0.39 is 12.5 Å². The number of aromatic amines is 1. The molecule has 2 aromatic heterocycles. The van der Waals surface area contributed by atoms with Gasteiger partial charge in [0.25, 0.3) is 6.43 Å². The van der Waals surface area contributed by atoms with E-state index in [0.717, 1.165) is 0 Å². The lowest BCUT2D eigenvalue weighted by Crippen LogP contribution is -2.27. The maximum absolute atomic E-state index is 12.1. The zero-order valence-corrected chi connectivity index (χ0v) is 9.12. The summed E-state index contributed by atoms with van der Waals surface area (Å²) in [5, 5.41) is 11.5. The SMILES string of the molecule is OC(CNc1nc(Cl)nc2nc[nH]c12)C(F)F. The lowest BCUT2D eigenvalue weighted by atomic mass is 10.3. The van der Waals surface area contributed by atoms with E-state index in [1.54, 1.807) is 0 Å². The van der Waals surface area contributed by atoms with Crippen LogP contribution in [-0.4, -0.2) is 44.1 Å². The first-order valence-electron chi connectivity index (χ1n) is 4.64. The van der Waals surface area contributed by atoms with Gasteiger partial charge in [0.2, 0.25) is 5.28 Å². The topological polar surface area (TPSA) is 86.7 Å². The highest BCUT2D eigenvalue weighted by Crippen LogP contribution is 2.18. The zero-order valence-electron chi connectivity index (χ0n) is 8.36. The molecule has 6 nitrogen and oxygen atoms in total. The van der Waals surface area contributed by atoms with Crippen molar-refractivity contribution in [3.05, 3.63) is 11.6 Å². The first kappa shape index (κ1) is 11.9. The molecule has 0 aliphatic carbocycles. The van der Waals surface area contributed by atoms with Gasteiger partial charge in [0, 0.05) is 6.54 Å². The van der Waals surface area contributed by atoms with E-state index in [-0.39, 0.29) is 17.6 Å². The predicted octanol–water partition coefficient (Wildman–Crippen LogP) is 1.04. The van der Waals surface area contributed by atoms with Crippen LogP contribution in [0.1, 0.15) is 0 Å². The van der Waals surface area contributed by atoms with E-state index in [9.17, 15) is 8.78 Å². The smallest absolute Gasteiger partial charge is 0.265 e. The normalized spacial score (nSPS) is 13.2. The molecule has 0 spiro atoms. The van der Waals surface area contributed by atoms with Crippen molar-refractivity contribution < 1.29 is 13.9 Å². The molecule has 1 atom stereocenters. The van der Waals surface area contributed by atoms with Crippen molar-refractivity contribution in [2.45, 2.75) is 12.5 Å². The molecular formula is C8H8ClF2N5O. The Labute approximate surface area is 99.1 Å². The molecule has 0 aromatic carbocycles. The summed E-state index contributed by atoms with van der Waals surface area (Å²) in [5.74, 6) is 0.220. The molecule has 92 valence electrons. The molecule has 0 saturated carbocycles. The number of alkyl halides is 2. The highest BCUT2D eigenvalue weighted by Gasteiger charge is 2.17. The number of aliphatic hydroxyl groups is 1. The number of halogens is 3. The van der Waals surface area contributed by atoms with E-state index in [0.29, 0.717) is 11.2 Å². The Morgan fingerprint density at radius 2 is 2.24 bits per heavy atom. The number of rotatable bonds is 4.